The summed E-state index contributed by atoms with van der Waals surface area (Å²) in [5.74, 6) is 0. The summed E-state index contributed by atoms with van der Waals surface area (Å²) in [5.41, 5.74) is 0. The maximum absolute atomic E-state index is 10.4. The lowest BCUT2D eigenvalue weighted by atomic mass is 10.1. The van der Waals surface area contributed by atoms with Gasteiger partial charge in [-0.1, -0.05) is 6.92 Å². The van der Waals surface area contributed by atoms with Crippen LogP contribution < -0.4 is 0 Å². The Labute approximate surface area is 73.7 Å². The summed E-state index contributed by atoms with van der Waals surface area (Å²) in [6.45, 7) is 4.68. The SMILES string of the molecule is CCCOC1CCN(C=O)CC1. The van der Waals surface area contributed by atoms with Crippen molar-refractivity contribution < 1.29 is 9.53 Å². The summed E-state index contributed by atoms with van der Waals surface area (Å²) in [6, 6.07) is 0. The first-order chi connectivity index (χ1) is 5.86. The van der Waals surface area contributed by atoms with Crippen molar-refractivity contribution in [3.63, 3.8) is 0 Å². The molecule has 0 saturated carbocycles. The fourth-order valence-corrected chi connectivity index (χ4v) is 1.43. The molecule has 3 nitrogen and oxygen atoms in total. The lowest BCUT2D eigenvalue weighted by molar-refractivity contribution is -0.120. The maximum Gasteiger partial charge on any atom is 0.209 e. The molecule has 70 valence electrons. The maximum atomic E-state index is 10.4. The van der Waals surface area contributed by atoms with Crippen LogP contribution in [-0.2, 0) is 9.53 Å². The van der Waals surface area contributed by atoms with E-state index in [9.17, 15) is 4.79 Å². The molecule has 0 aromatic carbocycles. The van der Waals surface area contributed by atoms with E-state index in [4.69, 9.17) is 4.74 Å². The van der Waals surface area contributed by atoms with Gasteiger partial charge in [-0.05, 0) is 19.3 Å². The number of likely N-dealkylation sites (tertiary alicyclic amines) is 1. The number of hydrogen-bond acceptors (Lipinski definition) is 2. The summed E-state index contributed by atoms with van der Waals surface area (Å²) >= 11 is 0. The van der Waals surface area contributed by atoms with Crippen molar-refractivity contribution in [3.05, 3.63) is 0 Å². The number of ether oxygens (including phenoxy) is 1. The summed E-state index contributed by atoms with van der Waals surface area (Å²) in [5, 5.41) is 0. The predicted molar refractivity (Wildman–Crippen MR) is 46.9 cm³/mol. The lowest BCUT2D eigenvalue weighted by Crippen LogP contribution is -2.36. The van der Waals surface area contributed by atoms with Gasteiger partial charge in [-0.25, -0.2) is 0 Å². The monoisotopic (exact) mass is 171 g/mol. The third kappa shape index (κ3) is 2.81. The molecule has 1 amide bonds. The number of carbonyl (C=O) groups excluding carboxylic acids is 1. The van der Waals surface area contributed by atoms with Crippen LogP contribution in [0.4, 0.5) is 0 Å². The van der Waals surface area contributed by atoms with Gasteiger partial charge in [0.05, 0.1) is 6.10 Å². The van der Waals surface area contributed by atoms with Crippen LogP contribution in [0.5, 0.6) is 0 Å². The zero-order chi connectivity index (χ0) is 8.81. The Hall–Kier alpha value is -0.570. The van der Waals surface area contributed by atoms with Crippen LogP contribution in [0.2, 0.25) is 0 Å². The molecular formula is C9H17NO2. The zero-order valence-electron chi connectivity index (χ0n) is 7.66. The summed E-state index contributed by atoms with van der Waals surface area (Å²) < 4.78 is 5.58. The Bertz CT molecular complexity index is 130. The molecular weight excluding hydrogens is 154 g/mol. The molecule has 1 rings (SSSR count). The third-order valence-electron chi connectivity index (χ3n) is 2.18. The summed E-state index contributed by atoms with van der Waals surface area (Å²) in [7, 11) is 0. The normalized spacial score (nSPS) is 19.6. The van der Waals surface area contributed by atoms with E-state index in [1.165, 1.54) is 0 Å². The molecule has 0 bridgehead atoms. The van der Waals surface area contributed by atoms with Crippen molar-refractivity contribution in [2.45, 2.75) is 32.3 Å². The smallest absolute Gasteiger partial charge is 0.209 e. The molecule has 0 radical (unpaired) electrons. The Kier molecular flexibility index (Phi) is 4.08. The number of piperidine rings is 1. The van der Waals surface area contributed by atoms with Gasteiger partial charge >= 0.3 is 0 Å². The summed E-state index contributed by atoms with van der Waals surface area (Å²) in [4.78, 5) is 12.2. The molecule has 12 heavy (non-hydrogen) atoms. The van der Waals surface area contributed by atoms with Gasteiger partial charge in [0.25, 0.3) is 0 Å². The minimum Gasteiger partial charge on any atom is -0.378 e. The Morgan fingerprint density at radius 3 is 2.67 bits per heavy atom. The molecule has 1 heterocycles. The predicted octanol–water partition coefficient (Wildman–Crippen LogP) is 1.03. The standard InChI is InChI=1S/C9H17NO2/c1-2-7-12-9-3-5-10(8-11)6-4-9/h8-9H,2-7H2,1H3. The van der Waals surface area contributed by atoms with Crippen LogP contribution in [0.15, 0.2) is 0 Å². The first-order valence-electron chi connectivity index (χ1n) is 4.67. The van der Waals surface area contributed by atoms with E-state index >= 15 is 0 Å². The highest BCUT2D eigenvalue weighted by molar-refractivity contribution is 5.47. The van der Waals surface area contributed by atoms with Crippen LogP contribution in [0.25, 0.3) is 0 Å². The summed E-state index contributed by atoms with van der Waals surface area (Å²) in [6.07, 6.45) is 4.39. The van der Waals surface area contributed by atoms with Gasteiger partial charge in [-0.15, -0.1) is 0 Å². The number of amides is 1. The van der Waals surface area contributed by atoms with E-state index < -0.39 is 0 Å². The highest BCUT2D eigenvalue weighted by atomic mass is 16.5. The van der Waals surface area contributed by atoms with E-state index in [1.54, 1.807) is 0 Å². The minimum absolute atomic E-state index is 0.390. The molecule has 0 atom stereocenters. The molecule has 0 aromatic heterocycles. The Morgan fingerprint density at radius 1 is 1.50 bits per heavy atom. The Balaban J connectivity index is 2.12. The van der Waals surface area contributed by atoms with Gasteiger partial charge < -0.3 is 9.64 Å². The minimum atomic E-state index is 0.390. The second-order valence-corrected chi connectivity index (χ2v) is 3.21. The van der Waals surface area contributed by atoms with Gasteiger partial charge in [0.2, 0.25) is 6.41 Å². The van der Waals surface area contributed by atoms with Gasteiger partial charge in [0.15, 0.2) is 0 Å². The molecule has 1 fully saturated rings. The van der Waals surface area contributed by atoms with Gasteiger partial charge in [-0.3, -0.25) is 4.79 Å². The van der Waals surface area contributed by atoms with Crippen molar-refractivity contribution in [2.75, 3.05) is 19.7 Å². The first kappa shape index (κ1) is 9.52. The number of rotatable bonds is 4. The second-order valence-electron chi connectivity index (χ2n) is 3.21. The fourth-order valence-electron chi connectivity index (χ4n) is 1.43. The lowest BCUT2D eigenvalue weighted by Gasteiger charge is -2.28. The molecule has 0 spiro atoms. The van der Waals surface area contributed by atoms with Crippen LogP contribution in [0.1, 0.15) is 26.2 Å². The van der Waals surface area contributed by atoms with Crippen LogP contribution in [0.3, 0.4) is 0 Å². The van der Waals surface area contributed by atoms with E-state index in [0.29, 0.717) is 6.10 Å². The molecule has 0 N–H and O–H groups in total. The van der Waals surface area contributed by atoms with Crippen LogP contribution in [0, 0.1) is 0 Å². The zero-order valence-corrected chi connectivity index (χ0v) is 7.66. The van der Waals surface area contributed by atoms with Crippen molar-refractivity contribution in [1.82, 2.24) is 4.90 Å². The number of nitrogens with zero attached hydrogens (tertiary/aromatic N) is 1. The molecule has 1 aliphatic heterocycles. The van der Waals surface area contributed by atoms with Crippen LogP contribution >= 0.6 is 0 Å². The van der Waals surface area contributed by atoms with Gasteiger partial charge in [0.1, 0.15) is 0 Å². The average Bonchev–Trinajstić information content (AvgIpc) is 2.15. The first-order valence-corrected chi connectivity index (χ1v) is 4.67. The van der Waals surface area contributed by atoms with E-state index in [1.807, 2.05) is 4.90 Å². The van der Waals surface area contributed by atoms with Crippen molar-refractivity contribution >= 4 is 6.41 Å². The third-order valence-corrected chi connectivity index (χ3v) is 2.18. The number of hydrogen-bond donors (Lipinski definition) is 0. The van der Waals surface area contributed by atoms with Crippen molar-refractivity contribution in [3.8, 4) is 0 Å². The Morgan fingerprint density at radius 2 is 2.17 bits per heavy atom. The molecule has 0 aromatic rings. The molecule has 0 unspecified atom stereocenters. The van der Waals surface area contributed by atoms with Gasteiger partial charge in [0, 0.05) is 19.7 Å². The highest BCUT2D eigenvalue weighted by Gasteiger charge is 2.17. The molecule has 3 heteroatoms. The number of carbonyl (C=O) groups is 1. The van der Waals surface area contributed by atoms with Crippen molar-refractivity contribution in [2.24, 2.45) is 0 Å². The van der Waals surface area contributed by atoms with Gasteiger partial charge in [-0.2, -0.15) is 0 Å². The second kappa shape index (κ2) is 5.14. The van der Waals surface area contributed by atoms with E-state index in [0.717, 1.165) is 45.4 Å². The van der Waals surface area contributed by atoms with E-state index in [2.05, 4.69) is 6.92 Å². The van der Waals surface area contributed by atoms with Crippen molar-refractivity contribution in [1.29, 1.82) is 0 Å². The highest BCUT2D eigenvalue weighted by Crippen LogP contribution is 2.12. The van der Waals surface area contributed by atoms with E-state index in [-0.39, 0.29) is 0 Å². The quantitative estimate of drug-likeness (QED) is 0.591. The largest absolute Gasteiger partial charge is 0.378 e. The average molecular weight is 171 g/mol. The van der Waals surface area contributed by atoms with Crippen LogP contribution in [-0.4, -0.2) is 37.1 Å². The fraction of sp³-hybridized carbons (Fsp3) is 0.889. The molecule has 1 aliphatic rings. The molecule has 1 saturated heterocycles. The topological polar surface area (TPSA) is 29.5 Å². The molecule has 0 aliphatic carbocycles.